The summed E-state index contributed by atoms with van der Waals surface area (Å²) in [4.78, 5) is 0. The van der Waals surface area contributed by atoms with Crippen LogP contribution in [0, 0.1) is 0 Å². The van der Waals surface area contributed by atoms with Crippen molar-refractivity contribution in [3.8, 4) is 5.69 Å². The summed E-state index contributed by atoms with van der Waals surface area (Å²) >= 11 is 6.22. The Bertz CT molecular complexity index is 546. The zero-order valence-corrected chi connectivity index (χ0v) is 11.5. The molecule has 96 valence electrons. The number of benzene rings is 1. The number of halogens is 1. The van der Waals surface area contributed by atoms with Crippen molar-refractivity contribution < 1.29 is 5.11 Å². The first kappa shape index (κ1) is 13.1. The molecular formula is C14H17ClN2O. The third-order valence-electron chi connectivity index (χ3n) is 2.90. The van der Waals surface area contributed by atoms with Gasteiger partial charge in [-0.05, 0) is 36.6 Å². The maximum Gasteiger partial charge on any atom is 0.0832 e. The summed E-state index contributed by atoms with van der Waals surface area (Å²) in [7, 11) is 0. The summed E-state index contributed by atoms with van der Waals surface area (Å²) in [5.41, 5.74) is 2.67. The van der Waals surface area contributed by atoms with Crippen LogP contribution in [-0.4, -0.2) is 14.9 Å². The van der Waals surface area contributed by atoms with E-state index in [0.29, 0.717) is 10.9 Å². The Balaban J connectivity index is 2.38. The van der Waals surface area contributed by atoms with E-state index in [0.717, 1.165) is 16.9 Å². The molecule has 1 aromatic heterocycles. The maximum atomic E-state index is 9.51. The standard InChI is InChI=1S/C14H17ClN2O/c1-9(2)13-6-7-17(16-13)14-5-4-11(10(3)18)8-12(14)15/h4-10,18H,1-3H3/t10-/m0/s1. The minimum Gasteiger partial charge on any atom is -0.389 e. The van der Waals surface area contributed by atoms with Gasteiger partial charge < -0.3 is 5.11 Å². The number of nitrogens with zero attached hydrogens (tertiary/aromatic N) is 2. The van der Waals surface area contributed by atoms with Gasteiger partial charge in [-0.3, -0.25) is 0 Å². The highest BCUT2D eigenvalue weighted by Gasteiger charge is 2.09. The number of hydrogen-bond acceptors (Lipinski definition) is 2. The highest BCUT2D eigenvalue weighted by atomic mass is 35.5. The van der Waals surface area contributed by atoms with Gasteiger partial charge in [0.25, 0.3) is 0 Å². The highest BCUT2D eigenvalue weighted by molar-refractivity contribution is 6.32. The van der Waals surface area contributed by atoms with E-state index in [-0.39, 0.29) is 0 Å². The summed E-state index contributed by atoms with van der Waals surface area (Å²) in [6, 6.07) is 7.51. The Morgan fingerprint density at radius 1 is 1.22 bits per heavy atom. The molecule has 1 heterocycles. The Kier molecular flexibility index (Phi) is 3.73. The van der Waals surface area contributed by atoms with Crippen molar-refractivity contribution in [2.24, 2.45) is 0 Å². The minimum absolute atomic E-state index is 0.391. The molecule has 0 radical (unpaired) electrons. The topological polar surface area (TPSA) is 38.0 Å². The molecule has 0 saturated heterocycles. The smallest absolute Gasteiger partial charge is 0.0832 e. The van der Waals surface area contributed by atoms with Gasteiger partial charge in [0.15, 0.2) is 0 Å². The Hall–Kier alpha value is -1.32. The molecule has 2 aromatic rings. The van der Waals surface area contributed by atoms with E-state index in [2.05, 4.69) is 18.9 Å². The molecule has 4 heteroatoms. The summed E-state index contributed by atoms with van der Waals surface area (Å²) in [5, 5.41) is 14.6. The summed E-state index contributed by atoms with van der Waals surface area (Å²) < 4.78 is 1.77. The Morgan fingerprint density at radius 3 is 2.44 bits per heavy atom. The molecule has 1 N–H and O–H groups in total. The van der Waals surface area contributed by atoms with Gasteiger partial charge in [-0.1, -0.05) is 31.5 Å². The number of hydrogen-bond donors (Lipinski definition) is 1. The van der Waals surface area contributed by atoms with Crippen LogP contribution in [-0.2, 0) is 0 Å². The van der Waals surface area contributed by atoms with Crippen LogP contribution in [0.5, 0.6) is 0 Å². The first-order chi connectivity index (χ1) is 8.49. The second kappa shape index (κ2) is 5.12. The Labute approximate surface area is 112 Å². The molecule has 0 bridgehead atoms. The first-order valence-corrected chi connectivity index (χ1v) is 6.40. The van der Waals surface area contributed by atoms with Crippen LogP contribution in [0.15, 0.2) is 30.5 Å². The van der Waals surface area contributed by atoms with E-state index in [1.54, 1.807) is 17.7 Å². The number of aliphatic hydroxyl groups excluding tert-OH is 1. The van der Waals surface area contributed by atoms with Gasteiger partial charge in [0.2, 0.25) is 0 Å². The quantitative estimate of drug-likeness (QED) is 0.918. The number of aromatic nitrogens is 2. The molecule has 0 spiro atoms. The summed E-state index contributed by atoms with van der Waals surface area (Å²) in [6.45, 7) is 5.92. The first-order valence-electron chi connectivity index (χ1n) is 6.02. The van der Waals surface area contributed by atoms with E-state index in [1.807, 2.05) is 24.4 Å². The third kappa shape index (κ3) is 2.57. The molecule has 18 heavy (non-hydrogen) atoms. The van der Waals surface area contributed by atoms with Crippen LogP contribution < -0.4 is 0 Å². The molecule has 3 nitrogen and oxygen atoms in total. The monoisotopic (exact) mass is 264 g/mol. The molecule has 1 atom stereocenters. The van der Waals surface area contributed by atoms with Gasteiger partial charge in [0.05, 0.1) is 22.5 Å². The fourth-order valence-electron chi connectivity index (χ4n) is 1.75. The van der Waals surface area contributed by atoms with Gasteiger partial charge in [-0.2, -0.15) is 5.10 Å². The van der Waals surface area contributed by atoms with Gasteiger partial charge >= 0.3 is 0 Å². The van der Waals surface area contributed by atoms with Gasteiger partial charge in [-0.15, -0.1) is 0 Å². The van der Waals surface area contributed by atoms with Gasteiger partial charge in [0.1, 0.15) is 0 Å². The van der Waals surface area contributed by atoms with Crippen molar-refractivity contribution >= 4 is 11.6 Å². The second-order valence-corrected chi connectivity index (χ2v) is 5.13. The lowest BCUT2D eigenvalue weighted by molar-refractivity contribution is 0.199. The van der Waals surface area contributed by atoms with E-state index in [9.17, 15) is 5.11 Å². The fraction of sp³-hybridized carbons (Fsp3) is 0.357. The fourth-order valence-corrected chi connectivity index (χ4v) is 2.02. The molecule has 0 fully saturated rings. The zero-order chi connectivity index (χ0) is 13.3. The van der Waals surface area contributed by atoms with E-state index >= 15 is 0 Å². The van der Waals surface area contributed by atoms with Crippen LogP contribution in [0.4, 0.5) is 0 Å². The van der Waals surface area contributed by atoms with E-state index in [4.69, 9.17) is 11.6 Å². The molecule has 0 unspecified atom stereocenters. The highest BCUT2D eigenvalue weighted by Crippen LogP contribution is 2.25. The molecule has 0 aliphatic carbocycles. The number of aliphatic hydroxyl groups is 1. The molecule has 0 saturated carbocycles. The predicted molar refractivity (Wildman–Crippen MR) is 73.3 cm³/mol. The van der Waals surface area contributed by atoms with Crippen molar-refractivity contribution in [3.05, 3.63) is 46.7 Å². The average molecular weight is 265 g/mol. The summed E-state index contributed by atoms with van der Waals surface area (Å²) in [6.07, 6.45) is 1.39. The van der Waals surface area contributed by atoms with Crippen LogP contribution in [0.25, 0.3) is 5.69 Å². The van der Waals surface area contributed by atoms with Crippen LogP contribution in [0.3, 0.4) is 0 Å². The average Bonchev–Trinajstić information content (AvgIpc) is 2.78. The molecule has 2 rings (SSSR count). The van der Waals surface area contributed by atoms with Crippen molar-refractivity contribution in [2.45, 2.75) is 32.8 Å². The molecule has 0 aliphatic heterocycles. The molecule has 1 aromatic carbocycles. The van der Waals surface area contributed by atoms with Crippen molar-refractivity contribution in [2.75, 3.05) is 0 Å². The van der Waals surface area contributed by atoms with Gasteiger partial charge in [0, 0.05) is 6.20 Å². The largest absolute Gasteiger partial charge is 0.389 e. The van der Waals surface area contributed by atoms with Crippen LogP contribution in [0.1, 0.15) is 44.1 Å². The normalized spacial score (nSPS) is 13.0. The zero-order valence-electron chi connectivity index (χ0n) is 10.8. The third-order valence-corrected chi connectivity index (χ3v) is 3.20. The van der Waals surface area contributed by atoms with Crippen molar-refractivity contribution in [3.63, 3.8) is 0 Å². The van der Waals surface area contributed by atoms with Crippen LogP contribution in [0.2, 0.25) is 5.02 Å². The van der Waals surface area contributed by atoms with Gasteiger partial charge in [-0.25, -0.2) is 4.68 Å². The lowest BCUT2D eigenvalue weighted by Gasteiger charge is -2.09. The van der Waals surface area contributed by atoms with Crippen molar-refractivity contribution in [1.82, 2.24) is 9.78 Å². The predicted octanol–water partition coefficient (Wildman–Crippen LogP) is 3.70. The number of rotatable bonds is 3. The minimum atomic E-state index is -0.514. The maximum absolute atomic E-state index is 9.51. The lowest BCUT2D eigenvalue weighted by Crippen LogP contribution is -1.99. The summed E-state index contributed by atoms with van der Waals surface area (Å²) in [5.74, 6) is 0.391. The van der Waals surface area contributed by atoms with E-state index < -0.39 is 6.10 Å². The van der Waals surface area contributed by atoms with Crippen LogP contribution >= 0.6 is 11.6 Å². The second-order valence-electron chi connectivity index (χ2n) is 4.73. The Morgan fingerprint density at radius 2 is 1.94 bits per heavy atom. The lowest BCUT2D eigenvalue weighted by atomic mass is 10.1. The van der Waals surface area contributed by atoms with Crippen molar-refractivity contribution in [1.29, 1.82) is 0 Å². The molecule has 0 amide bonds. The molecular weight excluding hydrogens is 248 g/mol. The molecule has 0 aliphatic rings. The van der Waals surface area contributed by atoms with E-state index in [1.165, 1.54) is 0 Å². The SMILES string of the molecule is CC(C)c1ccn(-c2ccc([C@H](C)O)cc2Cl)n1.